The van der Waals surface area contributed by atoms with Crippen LogP contribution in [0.2, 0.25) is 0 Å². The number of para-hydroxylation sites is 2. The second kappa shape index (κ2) is 6.87. The van der Waals surface area contributed by atoms with Gasteiger partial charge >= 0.3 is 5.69 Å². The van der Waals surface area contributed by atoms with Crippen LogP contribution in [0.3, 0.4) is 0 Å². The van der Waals surface area contributed by atoms with Gasteiger partial charge in [0.05, 0.1) is 11.2 Å². The molecule has 2 aromatic carbocycles. The zero-order valence-electron chi connectivity index (χ0n) is 16.7. The van der Waals surface area contributed by atoms with Crippen molar-refractivity contribution in [2.45, 2.75) is 31.7 Å². The number of anilines is 2. The Morgan fingerprint density at radius 1 is 0.867 bits per heavy atom. The largest absolute Gasteiger partial charge is 0.340 e. The minimum Gasteiger partial charge on any atom is -0.340 e. The van der Waals surface area contributed by atoms with Crippen molar-refractivity contribution in [3.05, 3.63) is 83.3 Å². The lowest BCUT2D eigenvalue weighted by Crippen LogP contribution is -2.29. The van der Waals surface area contributed by atoms with Gasteiger partial charge in [0.1, 0.15) is 5.82 Å². The number of aromatic nitrogens is 3. The van der Waals surface area contributed by atoms with Crippen LogP contribution in [0.5, 0.6) is 0 Å². The van der Waals surface area contributed by atoms with E-state index in [-0.39, 0.29) is 5.69 Å². The molecule has 2 fully saturated rings. The van der Waals surface area contributed by atoms with Crippen LogP contribution in [0, 0.1) is 11.8 Å². The molecule has 2 aromatic heterocycles. The van der Waals surface area contributed by atoms with Gasteiger partial charge in [-0.25, -0.2) is 14.3 Å². The maximum atomic E-state index is 13.7. The van der Waals surface area contributed by atoms with E-state index < -0.39 is 0 Å². The lowest BCUT2D eigenvalue weighted by atomic mass is 9.95. The molecule has 2 heterocycles. The molecule has 4 aromatic rings. The van der Waals surface area contributed by atoms with E-state index in [4.69, 9.17) is 4.98 Å². The Bertz CT molecular complexity index is 1260. The fraction of sp³-hybridized carbons (Fsp3) is 0.280. The average molecular weight is 396 g/mol. The molecule has 0 saturated heterocycles. The zero-order chi connectivity index (χ0) is 20.1. The van der Waals surface area contributed by atoms with E-state index in [0.29, 0.717) is 12.0 Å². The summed E-state index contributed by atoms with van der Waals surface area (Å²) in [6.45, 7) is 0. The Balaban J connectivity index is 1.53. The third-order valence-electron chi connectivity index (χ3n) is 6.82. The van der Waals surface area contributed by atoms with Gasteiger partial charge in [0.25, 0.3) is 0 Å². The molecule has 3 unspecified atom stereocenters. The van der Waals surface area contributed by atoms with Gasteiger partial charge in [-0.15, -0.1) is 0 Å². The van der Waals surface area contributed by atoms with E-state index in [1.807, 2.05) is 71.3 Å². The number of pyridine rings is 1. The predicted molar refractivity (Wildman–Crippen MR) is 120 cm³/mol. The fourth-order valence-electron chi connectivity index (χ4n) is 5.49. The number of hydrogen-bond acceptors (Lipinski definition) is 3. The van der Waals surface area contributed by atoms with Gasteiger partial charge in [-0.2, -0.15) is 0 Å². The van der Waals surface area contributed by atoms with Crippen molar-refractivity contribution in [2.24, 2.45) is 11.8 Å². The smallest absolute Gasteiger partial charge is 0.335 e. The van der Waals surface area contributed by atoms with Crippen molar-refractivity contribution in [1.29, 1.82) is 0 Å². The molecule has 30 heavy (non-hydrogen) atoms. The summed E-state index contributed by atoms with van der Waals surface area (Å²) in [5.74, 6) is 2.13. The molecule has 5 heteroatoms. The maximum absolute atomic E-state index is 13.7. The highest BCUT2D eigenvalue weighted by atomic mass is 16.1. The summed E-state index contributed by atoms with van der Waals surface area (Å²) in [7, 11) is 0. The number of benzene rings is 2. The highest BCUT2D eigenvalue weighted by molar-refractivity contribution is 5.77. The standard InChI is InChI=1S/C25H24N4O/c30-25-28(20-9-5-2-6-10-20)24-21(29(25)22-16-17-11-12-18(22)15-17)13-14-23(27-24)26-19-7-3-1-4-8-19/h1-10,13-14,17-18,22H,11-12,15-16H2,(H,26,27). The first-order valence-electron chi connectivity index (χ1n) is 10.8. The van der Waals surface area contributed by atoms with E-state index in [2.05, 4.69) is 11.4 Å². The Morgan fingerprint density at radius 3 is 2.33 bits per heavy atom. The summed E-state index contributed by atoms with van der Waals surface area (Å²) in [6, 6.07) is 24.2. The SMILES string of the molecule is O=c1n(-c2ccccc2)c2nc(Nc3ccccc3)ccc2n1C1CC2CCC1C2. The summed E-state index contributed by atoms with van der Waals surface area (Å²) in [6.07, 6.45) is 4.93. The molecule has 0 spiro atoms. The number of nitrogens with zero attached hydrogens (tertiary/aromatic N) is 3. The van der Waals surface area contributed by atoms with Crippen LogP contribution >= 0.6 is 0 Å². The van der Waals surface area contributed by atoms with Crippen LogP contribution in [-0.4, -0.2) is 14.1 Å². The van der Waals surface area contributed by atoms with Crippen molar-refractivity contribution in [1.82, 2.24) is 14.1 Å². The first kappa shape index (κ1) is 17.5. The molecule has 2 bridgehead atoms. The molecule has 6 rings (SSSR count). The number of nitrogens with one attached hydrogen (secondary N) is 1. The minimum atomic E-state index is 0.0260. The van der Waals surface area contributed by atoms with E-state index in [9.17, 15) is 4.79 Å². The van der Waals surface area contributed by atoms with E-state index >= 15 is 0 Å². The number of hydrogen-bond donors (Lipinski definition) is 1. The fourth-order valence-corrected chi connectivity index (χ4v) is 5.49. The molecule has 3 atom stereocenters. The topological polar surface area (TPSA) is 51.9 Å². The van der Waals surface area contributed by atoms with Crippen LogP contribution in [0.15, 0.2) is 77.6 Å². The number of imidazole rings is 1. The summed E-state index contributed by atoms with van der Waals surface area (Å²) >= 11 is 0. The Labute approximate surface area is 175 Å². The second-order valence-corrected chi connectivity index (χ2v) is 8.60. The zero-order valence-corrected chi connectivity index (χ0v) is 16.7. The highest BCUT2D eigenvalue weighted by Crippen LogP contribution is 2.51. The van der Waals surface area contributed by atoms with Crippen molar-refractivity contribution < 1.29 is 0 Å². The molecule has 1 N–H and O–H groups in total. The van der Waals surface area contributed by atoms with E-state index in [1.165, 1.54) is 19.3 Å². The molecule has 0 amide bonds. The summed E-state index contributed by atoms with van der Waals surface area (Å²) in [5, 5.41) is 3.36. The summed E-state index contributed by atoms with van der Waals surface area (Å²) < 4.78 is 3.81. The Kier molecular flexibility index (Phi) is 4.01. The Hall–Kier alpha value is -3.34. The monoisotopic (exact) mass is 396 g/mol. The second-order valence-electron chi connectivity index (χ2n) is 8.60. The molecule has 0 radical (unpaired) electrons. The van der Waals surface area contributed by atoms with Gasteiger partial charge in [0.2, 0.25) is 0 Å². The quantitative estimate of drug-likeness (QED) is 0.510. The molecule has 2 aliphatic carbocycles. The third kappa shape index (κ3) is 2.76. The predicted octanol–water partition coefficient (Wildman–Crippen LogP) is 5.29. The van der Waals surface area contributed by atoms with Crippen LogP contribution in [-0.2, 0) is 0 Å². The van der Waals surface area contributed by atoms with Crippen molar-refractivity contribution in [3.8, 4) is 5.69 Å². The third-order valence-corrected chi connectivity index (χ3v) is 6.82. The van der Waals surface area contributed by atoms with Crippen molar-refractivity contribution in [3.63, 3.8) is 0 Å². The molecule has 5 nitrogen and oxygen atoms in total. The maximum Gasteiger partial charge on any atom is 0.335 e. The summed E-state index contributed by atoms with van der Waals surface area (Å²) in [5.41, 5.74) is 3.51. The highest BCUT2D eigenvalue weighted by Gasteiger charge is 2.42. The van der Waals surface area contributed by atoms with Crippen LogP contribution in [0.4, 0.5) is 11.5 Å². The number of fused-ring (bicyclic) bond motifs is 3. The number of rotatable bonds is 4. The van der Waals surface area contributed by atoms with Crippen LogP contribution < -0.4 is 11.0 Å². The van der Waals surface area contributed by atoms with Gasteiger partial charge in [-0.05, 0) is 67.5 Å². The van der Waals surface area contributed by atoms with Gasteiger partial charge in [-0.3, -0.25) is 4.57 Å². The van der Waals surface area contributed by atoms with Gasteiger partial charge in [-0.1, -0.05) is 42.8 Å². The minimum absolute atomic E-state index is 0.0260. The van der Waals surface area contributed by atoms with Crippen LogP contribution in [0.1, 0.15) is 31.7 Å². The molecule has 2 saturated carbocycles. The molecular formula is C25H24N4O. The summed E-state index contributed by atoms with van der Waals surface area (Å²) in [4.78, 5) is 18.6. The lowest BCUT2D eigenvalue weighted by Gasteiger charge is -2.23. The normalized spacial score (nSPS) is 22.6. The van der Waals surface area contributed by atoms with E-state index in [1.54, 1.807) is 4.57 Å². The lowest BCUT2D eigenvalue weighted by molar-refractivity contribution is 0.329. The van der Waals surface area contributed by atoms with Crippen molar-refractivity contribution >= 4 is 22.7 Å². The van der Waals surface area contributed by atoms with Crippen LogP contribution in [0.25, 0.3) is 16.9 Å². The first-order valence-corrected chi connectivity index (χ1v) is 10.8. The van der Waals surface area contributed by atoms with Crippen molar-refractivity contribution in [2.75, 3.05) is 5.32 Å². The van der Waals surface area contributed by atoms with E-state index in [0.717, 1.165) is 40.7 Å². The van der Waals surface area contributed by atoms with Gasteiger partial charge in [0, 0.05) is 11.7 Å². The molecule has 0 aliphatic heterocycles. The molecular weight excluding hydrogens is 372 g/mol. The van der Waals surface area contributed by atoms with Gasteiger partial charge in [0.15, 0.2) is 5.65 Å². The molecule has 150 valence electrons. The average Bonchev–Trinajstić information content (AvgIpc) is 3.47. The first-order chi connectivity index (χ1) is 14.8. The van der Waals surface area contributed by atoms with Gasteiger partial charge < -0.3 is 5.32 Å². The Morgan fingerprint density at radius 2 is 1.63 bits per heavy atom. The molecule has 2 aliphatic rings.